The molecule has 0 aliphatic heterocycles. The quantitative estimate of drug-likeness (QED) is 0.455. The number of hydrogen-bond acceptors (Lipinski definition) is 2. The second-order valence-electron chi connectivity index (χ2n) is 6.64. The number of allylic oxidation sites excluding steroid dienone is 5. The van der Waals surface area contributed by atoms with Crippen LogP contribution in [0.1, 0.15) is 57.7 Å². The lowest BCUT2D eigenvalue weighted by Gasteiger charge is -2.15. The summed E-state index contributed by atoms with van der Waals surface area (Å²) in [6, 6.07) is 4.11. The van der Waals surface area contributed by atoms with Gasteiger partial charge in [0, 0.05) is 0 Å². The number of hydrogen-bond donors (Lipinski definition) is 0. The zero-order valence-corrected chi connectivity index (χ0v) is 16.1. The van der Waals surface area contributed by atoms with Crippen molar-refractivity contribution >= 4 is 11.9 Å². The Balaban J connectivity index is 3.00. The van der Waals surface area contributed by atoms with Crippen molar-refractivity contribution in [3.63, 3.8) is 0 Å². The predicted molar refractivity (Wildman–Crippen MR) is 104 cm³/mol. The van der Waals surface area contributed by atoms with Gasteiger partial charge < -0.3 is 4.74 Å². The highest BCUT2D eigenvalue weighted by Crippen LogP contribution is 2.26. The molecular formula is C22H30O2. The van der Waals surface area contributed by atoms with Crippen molar-refractivity contribution in [2.45, 2.75) is 61.0 Å². The van der Waals surface area contributed by atoms with Gasteiger partial charge in [-0.2, -0.15) is 0 Å². The van der Waals surface area contributed by atoms with Crippen molar-refractivity contribution in [1.29, 1.82) is 0 Å². The van der Waals surface area contributed by atoms with E-state index < -0.39 is 0 Å². The zero-order chi connectivity index (χ0) is 18.3. The Bertz CT molecular complexity index is 646. The molecule has 2 nitrogen and oxygen atoms in total. The Morgan fingerprint density at radius 1 is 1.12 bits per heavy atom. The first-order valence-corrected chi connectivity index (χ1v) is 8.59. The smallest absolute Gasteiger partial charge is 0.181 e. The molecule has 0 atom stereocenters. The highest BCUT2D eigenvalue weighted by molar-refractivity contribution is 6.06. The third kappa shape index (κ3) is 6.19. The largest absolute Gasteiger partial charge is 0.490 e. The van der Waals surface area contributed by atoms with Gasteiger partial charge in [-0.1, -0.05) is 30.7 Å². The second kappa shape index (κ2) is 9.27. The van der Waals surface area contributed by atoms with E-state index in [-0.39, 0.29) is 11.9 Å². The van der Waals surface area contributed by atoms with Crippen LogP contribution < -0.4 is 4.74 Å². The molecule has 0 fully saturated rings. The highest BCUT2D eigenvalue weighted by atomic mass is 16.5. The molecule has 1 aromatic rings. The fourth-order valence-corrected chi connectivity index (χ4v) is 2.42. The predicted octanol–water partition coefficient (Wildman–Crippen LogP) is 5.98. The van der Waals surface area contributed by atoms with Gasteiger partial charge in [-0.15, -0.1) is 0 Å². The summed E-state index contributed by atoms with van der Waals surface area (Å²) in [5.74, 6) is 0.999. The SMILES string of the molecule is CCC(=CC=C(C)C)C(=O)C=Cc1cc(C)c(OC(C)C)c(C)c1. The van der Waals surface area contributed by atoms with E-state index in [1.165, 1.54) is 5.57 Å². The molecule has 0 N–H and O–H groups in total. The summed E-state index contributed by atoms with van der Waals surface area (Å²) in [7, 11) is 0. The Hall–Kier alpha value is -2.09. The number of carbonyl (C=O) groups excluding carboxylic acids is 1. The van der Waals surface area contributed by atoms with Crippen LogP contribution in [0.25, 0.3) is 6.08 Å². The van der Waals surface area contributed by atoms with Crippen LogP contribution in [0.5, 0.6) is 5.75 Å². The van der Waals surface area contributed by atoms with E-state index in [4.69, 9.17) is 4.74 Å². The first-order chi connectivity index (χ1) is 11.2. The lowest BCUT2D eigenvalue weighted by atomic mass is 10.0. The Labute approximate surface area is 146 Å². The molecule has 1 rings (SSSR count). The molecule has 2 heteroatoms. The van der Waals surface area contributed by atoms with Gasteiger partial charge in [0.05, 0.1) is 6.10 Å². The minimum Gasteiger partial charge on any atom is -0.490 e. The average molecular weight is 326 g/mol. The first kappa shape index (κ1) is 20.0. The van der Waals surface area contributed by atoms with Crippen molar-refractivity contribution in [3.05, 3.63) is 58.2 Å². The van der Waals surface area contributed by atoms with Crippen LogP contribution in [0.15, 0.2) is 41.5 Å². The molecule has 0 aliphatic carbocycles. The van der Waals surface area contributed by atoms with Gasteiger partial charge in [-0.05, 0) is 88.4 Å². The zero-order valence-electron chi connectivity index (χ0n) is 16.1. The Morgan fingerprint density at radius 3 is 2.17 bits per heavy atom. The Kier molecular flexibility index (Phi) is 7.70. The van der Waals surface area contributed by atoms with Crippen molar-refractivity contribution in [3.8, 4) is 5.75 Å². The lowest BCUT2D eigenvalue weighted by molar-refractivity contribution is -0.111. The van der Waals surface area contributed by atoms with E-state index in [0.29, 0.717) is 0 Å². The van der Waals surface area contributed by atoms with E-state index in [2.05, 4.69) is 12.1 Å². The van der Waals surface area contributed by atoms with Gasteiger partial charge in [0.2, 0.25) is 0 Å². The first-order valence-electron chi connectivity index (χ1n) is 8.59. The van der Waals surface area contributed by atoms with Crippen LogP contribution in [-0.2, 0) is 4.79 Å². The molecule has 130 valence electrons. The summed E-state index contributed by atoms with van der Waals surface area (Å²) in [5, 5.41) is 0. The maximum atomic E-state index is 12.3. The van der Waals surface area contributed by atoms with Crippen molar-refractivity contribution in [2.75, 3.05) is 0 Å². The van der Waals surface area contributed by atoms with E-state index in [1.807, 2.05) is 66.7 Å². The van der Waals surface area contributed by atoms with Gasteiger partial charge in [0.15, 0.2) is 5.78 Å². The minimum absolute atomic E-state index is 0.0628. The fourth-order valence-electron chi connectivity index (χ4n) is 2.42. The van der Waals surface area contributed by atoms with Crippen LogP contribution >= 0.6 is 0 Å². The molecule has 1 aromatic carbocycles. The molecule has 0 aromatic heterocycles. The van der Waals surface area contributed by atoms with Crippen LogP contribution in [-0.4, -0.2) is 11.9 Å². The lowest BCUT2D eigenvalue weighted by Crippen LogP contribution is -2.08. The van der Waals surface area contributed by atoms with Crippen LogP contribution in [0.2, 0.25) is 0 Å². The average Bonchev–Trinajstić information content (AvgIpc) is 2.49. The van der Waals surface area contributed by atoms with Crippen molar-refractivity contribution in [1.82, 2.24) is 0 Å². The standard InChI is InChI=1S/C22H30O2/c1-8-20(11-9-15(2)3)21(23)12-10-19-13-17(6)22(18(7)14-19)24-16(4)5/h9-14,16H,8H2,1-7H3. The van der Waals surface area contributed by atoms with Crippen molar-refractivity contribution in [2.24, 2.45) is 0 Å². The number of benzene rings is 1. The van der Waals surface area contributed by atoms with Crippen LogP contribution in [0.4, 0.5) is 0 Å². The molecule has 0 unspecified atom stereocenters. The fraction of sp³-hybridized carbons (Fsp3) is 0.409. The third-order valence-corrected chi connectivity index (χ3v) is 3.58. The molecule has 0 aliphatic rings. The number of ketones is 1. The second-order valence-corrected chi connectivity index (χ2v) is 6.64. The van der Waals surface area contributed by atoms with Gasteiger partial charge in [-0.25, -0.2) is 0 Å². The topological polar surface area (TPSA) is 26.3 Å². The summed E-state index contributed by atoms with van der Waals surface area (Å²) in [6.45, 7) is 14.2. The molecule has 24 heavy (non-hydrogen) atoms. The molecule has 0 saturated heterocycles. The number of carbonyl (C=O) groups is 1. The van der Waals surface area contributed by atoms with E-state index in [1.54, 1.807) is 6.08 Å². The monoisotopic (exact) mass is 326 g/mol. The maximum absolute atomic E-state index is 12.3. The van der Waals surface area contributed by atoms with Crippen molar-refractivity contribution < 1.29 is 9.53 Å². The molecule has 0 bridgehead atoms. The van der Waals surface area contributed by atoms with E-state index in [9.17, 15) is 4.79 Å². The Morgan fingerprint density at radius 2 is 1.71 bits per heavy atom. The van der Waals surface area contributed by atoms with E-state index >= 15 is 0 Å². The number of ether oxygens (including phenoxy) is 1. The number of rotatable bonds is 7. The van der Waals surface area contributed by atoms with E-state index in [0.717, 1.165) is 34.4 Å². The molecule has 0 amide bonds. The molecule has 0 saturated carbocycles. The summed E-state index contributed by atoms with van der Waals surface area (Å²) < 4.78 is 5.86. The van der Waals surface area contributed by atoms with Gasteiger partial charge in [0.1, 0.15) is 5.75 Å². The molecular weight excluding hydrogens is 296 g/mol. The number of aryl methyl sites for hydroxylation is 2. The summed E-state index contributed by atoms with van der Waals surface area (Å²) in [4.78, 5) is 12.3. The maximum Gasteiger partial charge on any atom is 0.181 e. The highest BCUT2D eigenvalue weighted by Gasteiger charge is 2.08. The third-order valence-electron chi connectivity index (χ3n) is 3.58. The molecule has 0 heterocycles. The van der Waals surface area contributed by atoms with Crippen LogP contribution in [0, 0.1) is 13.8 Å². The summed E-state index contributed by atoms with van der Waals surface area (Å²) >= 11 is 0. The minimum atomic E-state index is 0.0628. The molecule has 0 radical (unpaired) electrons. The molecule has 0 spiro atoms. The van der Waals surface area contributed by atoms with Gasteiger partial charge in [-0.3, -0.25) is 4.79 Å². The van der Waals surface area contributed by atoms with Crippen LogP contribution in [0.3, 0.4) is 0 Å². The van der Waals surface area contributed by atoms with Gasteiger partial charge in [0.25, 0.3) is 0 Å². The summed E-state index contributed by atoms with van der Waals surface area (Å²) in [5.41, 5.74) is 5.20. The summed E-state index contributed by atoms with van der Waals surface area (Å²) in [6.07, 6.45) is 8.32. The van der Waals surface area contributed by atoms with Gasteiger partial charge >= 0.3 is 0 Å². The normalized spacial score (nSPS) is 11.9.